The second-order valence-corrected chi connectivity index (χ2v) is 7.36. The van der Waals surface area contributed by atoms with Crippen molar-refractivity contribution in [3.63, 3.8) is 0 Å². The van der Waals surface area contributed by atoms with Gasteiger partial charge < -0.3 is 5.32 Å². The third-order valence-electron chi connectivity index (χ3n) is 2.53. The summed E-state index contributed by atoms with van der Waals surface area (Å²) >= 11 is 11.9. The summed E-state index contributed by atoms with van der Waals surface area (Å²) < 4.78 is 21.9. The second-order valence-electron chi connectivity index (χ2n) is 4.31. The van der Waals surface area contributed by atoms with E-state index < -0.39 is 9.84 Å². The number of halogens is 2. The molecule has 1 aromatic carbocycles. The fraction of sp³-hybridized carbons (Fsp3) is 0.417. The van der Waals surface area contributed by atoms with E-state index in [1.54, 1.807) is 25.1 Å². The van der Waals surface area contributed by atoms with E-state index in [1.807, 2.05) is 0 Å². The Bertz CT molecular complexity index is 572. The third kappa shape index (κ3) is 5.38. The van der Waals surface area contributed by atoms with Gasteiger partial charge in [0, 0.05) is 12.7 Å². The molecule has 1 aromatic rings. The summed E-state index contributed by atoms with van der Waals surface area (Å²) in [7, 11) is -3.14. The van der Waals surface area contributed by atoms with Crippen LogP contribution in [0.5, 0.6) is 0 Å². The van der Waals surface area contributed by atoms with Crippen LogP contribution in [0.15, 0.2) is 18.2 Å². The molecule has 4 nitrogen and oxygen atoms in total. The minimum atomic E-state index is -3.14. The number of sulfone groups is 1. The van der Waals surface area contributed by atoms with Crippen molar-refractivity contribution in [1.82, 2.24) is 5.32 Å². The number of amides is 1. The summed E-state index contributed by atoms with van der Waals surface area (Å²) in [5, 5.41) is 3.49. The van der Waals surface area contributed by atoms with Crippen LogP contribution in [0.2, 0.25) is 10.0 Å². The molecule has 7 heteroatoms. The van der Waals surface area contributed by atoms with E-state index >= 15 is 0 Å². The maximum Gasteiger partial charge on any atom is 0.221 e. The van der Waals surface area contributed by atoms with Crippen molar-refractivity contribution in [2.45, 2.75) is 19.4 Å². The molecule has 0 bridgehead atoms. The molecule has 0 radical (unpaired) electrons. The maximum atomic E-state index is 11.6. The zero-order valence-corrected chi connectivity index (χ0v) is 12.9. The van der Waals surface area contributed by atoms with Gasteiger partial charge in [-0.2, -0.15) is 0 Å². The van der Waals surface area contributed by atoms with Gasteiger partial charge in [0.05, 0.1) is 21.8 Å². The number of rotatable bonds is 5. The van der Waals surface area contributed by atoms with Gasteiger partial charge in [-0.1, -0.05) is 35.3 Å². The smallest absolute Gasteiger partial charge is 0.221 e. The number of benzene rings is 1. The van der Waals surface area contributed by atoms with Crippen LogP contribution in [-0.2, 0) is 14.6 Å². The fourth-order valence-corrected chi connectivity index (χ4v) is 2.55. The van der Waals surface area contributed by atoms with E-state index in [0.717, 1.165) is 6.26 Å². The number of nitrogens with one attached hydrogen (secondary N) is 1. The molecule has 0 aromatic heterocycles. The lowest BCUT2D eigenvalue weighted by molar-refractivity contribution is -0.121. The number of hydrogen-bond acceptors (Lipinski definition) is 3. The first-order valence-electron chi connectivity index (χ1n) is 5.61. The van der Waals surface area contributed by atoms with Crippen LogP contribution in [0, 0.1) is 0 Å². The average molecular weight is 324 g/mol. The Morgan fingerprint density at radius 1 is 1.37 bits per heavy atom. The molecular weight excluding hydrogens is 309 g/mol. The summed E-state index contributed by atoms with van der Waals surface area (Å²) in [4.78, 5) is 11.6. The van der Waals surface area contributed by atoms with Crippen LogP contribution in [0.3, 0.4) is 0 Å². The highest BCUT2D eigenvalue weighted by atomic mass is 35.5. The first kappa shape index (κ1) is 16.3. The molecule has 0 spiro atoms. The largest absolute Gasteiger partial charge is 0.349 e. The van der Waals surface area contributed by atoms with Crippen LogP contribution in [0.1, 0.15) is 24.9 Å². The van der Waals surface area contributed by atoms with Gasteiger partial charge in [0.2, 0.25) is 5.91 Å². The maximum absolute atomic E-state index is 11.6. The molecule has 1 amide bonds. The molecule has 0 saturated heterocycles. The normalized spacial score (nSPS) is 13.1. The van der Waals surface area contributed by atoms with Gasteiger partial charge in [-0.25, -0.2) is 8.42 Å². The predicted molar refractivity (Wildman–Crippen MR) is 77.3 cm³/mol. The highest BCUT2D eigenvalue weighted by Crippen LogP contribution is 2.29. The van der Waals surface area contributed by atoms with Crippen LogP contribution in [-0.4, -0.2) is 26.3 Å². The Labute approximate surface area is 123 Å². The fourth-order valence-electron chi connectivity index (χ4n) is 1.52. The summed E-state index contributed by atoms with van der Waals surface area (Å²) in [5.41, 5.74) is 0.696. The van der Waals surface area contributed by atoms with Crippen molar-refractivity contribution in [2.75, 3.05) is 12.0 Å². The Morgan fingerprint density at radius 2 is 2.00 bits per heavy atom. The molecule has 0 saturated carbocycles. The van der Waals surface area contributed by atoms with Gasteiger partial charge in [0.1, 0.15) is 9.84 Å². The molecule has 19 heavy (non-hydrogen) atoms. The number of carbonyl (C=O) groups is 1. The summed E-state index contributed by atoms with van der Waals surface area (Å²) in [6.07, 6.45) is 1.03. The number of hydrogen-bond donors (Lipinski definition) is 1. The third-order valence-corrected chi connectivity index (χ3v) is 4.30. The molecule has 1 atom stereocenters. The molecule has 1 rings (SSSR count). The molecule has 0 heterocycles. The molecule has 0 aliphatic heterocycles. The van der Waals surface area contributed by atoms with Crippen molar-refractivity contribution in [3.8, 4) is 0 Å². The van der Waals surface area contributed by atoms with Gasteiger partial charge in [-0.3, -0.25) is 4.79 Å². The van der Waals surface area contributed by atoms with E-state index in [9.17, 15) is 13.2 Å². The van der Waals surface area contributed by atoms with Gasteiger partial charge in [0.25, 0.3) is 0 Å². The SMILES string of the molecule is C[C@@H](NC(=O)CCS(C)(=O)=O)c1cccc(Cl)c1Cl. The molecule has 0 unspecified atom stereocenters. The Morgan fingerprint density at radius 3 is 2.58 bits per heavy atom. The van der Waals surface area contributed by atoms with Crippen LogP contribution >= 0.6 is 23.2 Å². The van der Waals surface area contributed by atoms with Crippen molar-refractivity contribution in [1.29, 1.82) is 0 Å². The first-order valence-corrected chi connectivity index (χ1v) is 8.43. The van der Waals surface area contributed by atoms with Gasteiger partial charge in [-0.15, -0.1) is 0 Å². The molecule has 0 aliphatic rings. The van der Waals surface area contributed by atoms with Gasteiger partial charge in [-0.05, 0) is 18.6 Å². The van der Waals surface area contributed by atoms with Crippen molar-refractivity contribution in [3.05, 3.63) is 33.8 Å². The zero-order chi connectivity index (χ0) is 14.6. The van der Waals surface area contributed by atoms with Crippen LogP contribution in [0.25, 0.3) is 0 Å². The molecular formula is C12H15Cl2NO3S. The molecule has 0 fully saturated rings. The van der Waals surface area contributed by atoms with Crippen molar-refractivity contribution < 1.29 is 13.2 Å². The Kier molecular flexibility index (Phi) is 5.64. The highest BCUT2D eigenvalue weighted by Gasteiger charge is 2.15. The zero-order valence-electron chi connectivity index (χ0n) is 10.6. The minimum Gasteiger partial charge on any atom is -0.349 e. The summed E-state index contributed by atoms with van der Waals surface area (Å²) in [6.45, 7) is 1.76. The predicted octanol–water partition coefficient (Wildman–Crippen LogP) is 2.61. The lowest BCUT2D eigenvalue weighted by Crippen LogP contribution is -2.28. The van der Waals surface area contributed by atoms with Crippen molar-refractivity contribution >= 4 is 38.9 Å². The van der Waals surface area contributed by atoms with Gasteiger partial charge >= 0.3 is 0 Å². The molecule has 0 aliphatic carbocycles. The van der Waals surface area contributed by atoms with E-state index in [0.29, 0.717) is 15.6 Å². The van der Waals surface area contributed by atoms with Crippen LogP contribution < -0.4 is 5.32 Å². The summed E-state index contributed by atoms with van der Waals surface area (Å²) in [5.74, 6) is -0.511. The van der Waals surface area contributed by atoms with E-state index in [2.05, 4.69) is 5.32 Å². The van der Waals surface area contributed by atoms with E-state index in [1.165, 1.54) is 0 Å². The Balaban J connectivity index is 2.67. The topological polar surface area (TPSA) is 63.2 Å². The minimum absolute atomic E-state index is 0.0681. The number of carbonyl (C=O) groups excluding carboxylic acids is 1. The summed E-state index contributed by atoms with van der Waals surface area (Å²) in [6, 6.07) is 4.82. The highest BCUT2D eigenvalue weighted by molar-refractivity contribution is 7.90. The lowest BCUT2D eigenvalue weighted by Gasteiger charge is -2.16. The molecule has 1 N–H and O–H groups in total. The van der Waals surface area contributed by atoms with Crippen LogP contribution in [0.4, 0.5) is 0 Å². The first-order chi connectivity index (χ1) is 8.70. The van der Waals surface area contributed by atoms with E-state index in [-0.39, 0.29) is 24.1 Å². The average Bonchev–Trinajstić information content (AvgIpc) is 2.29. The van der Waals surface area contributed by atoms with Gasteiger partial charge in [0.15, 0.2) is 0 Å². The van der Waals surface area contributed by atoms with E-state index in [4.69, 9.17) is 23.2 Å². The monoisotopic (exact) mass is 323 g/mol. The lowest BCUT2D eigenvalue weighted by atomic mass is 10.1. The standard InChI is InChI=1S/C12H15Cl2NO3S/c1-8(9-4-3-5-10(13)12(9)14)15-11(16)6-7-19(2,17)18/h3-5,8H,6-7H2,1-2H3,(H,15,16)/t8-/m1/s1. The second kappa shape index (κ2) is 6.59. The van der Waals surface area contributed by atoms with Crippen molar-refractivity contribution in [2.24, 2.45) is 0 Å². The Hall–Kier alpha value is -0.780. The molecule has 106 valence electrons. The quantitative estimate of drug-likeness (QED) is 0.905.